The SMILES string of the molecule is C.CC(C)CNc1cccc(-c2c3ccc(C(C)(C)C)cc3cc3ccc(C(C)(C)C)cc23)n1.CC(C)C[N-]c1cccc(-c2c3ccc(C(C)(C)C)cc3cc3ccc(C(C)(C)C)cc23)n1.[CH2-][Si](C)(C)C.[CH2-][Si](C)(C)C.[CH2-][Si](C)(C)C.[CH2-][Si](C)(C)C.[CH2-][Si](C)(C)C.[CH2-][Si](C)(C)C.[CH2-][Si](C)(C)C.[Zr+3].[Zr+4]. The van der Waals surface area contributed by atoms with E-state index in [-0.39, 0.29) is 81.5 Å². The molecule has 104 heavy (non-hydrogen) atoms. The van der Waals surface area contributed by atoms with E-state index < -0.39 is 56.5 Å². The third kappa shape index (κ3) is 52.6. The van der Waals surface area contributed by atoms with Crippen molar-refractivity contribution in [3.63, 3.8) is 0 Å². The second-order valence-electron chi connectivity index (χ2n) is 41.5. The molecule has 0 aliphatic rings. The van der Waals surface area contributed by atoms with Gasteiger partial charge in [0.15, 0.2) is 0 Å². The Labute approximate surface area is 691 Å². The Bertz CT molecular complexity index is 3410. The van der Waals surface area contributed by atoms with Crippen LogP contribution in [0.25, 0.3) is 70.9 Å². The topological polar surface area (TPSA) is 51.9 Å². The maximum absolute atomic E-state index is 5.07. The summed E-state index contributed by atoms with van der Waals surface area (Å²) in [5, 5.41) is 18.3. The summed E-state index contributed by atoms with van der Waals surface area (Å²) in [6.45, 7) is 112. The average molecular weight is 1690 g/mol. The minimum Gasteiger partial charge on any atom is -0.465 e. The zero-order valence-corrected chi connectivity index (χ0v) is 85.3. The van der Waals surface area contributed by atoms with E-state index in [1.54, 1.807) is 0 Å². The van der Waals surface area contributed by atoms with Gasteiger partial charge in [0.05, 0.1) is 5.69 Å². The number of pyridine rings is 2. The third-order valence-electron chi connectivity index (χ3n) is 12.7. The molecule has 2 heterocycles. The first-order chi connectivity index (χ1) is 44.9. The summed E-state index contributed by atoms with van der Waals surface area (Å²) in [6, 6.07) is 44.9. The van der Waals surface area contributed by atoms with E-state index in [1.807, 2.05) is 6.07 Å². The van der Waals surface area contributed by atoms with Gasteiger partial charge < -0.3 is 61.4 Å². The Morgan fingerprint density at radius 1 is 0.346 bits per heavy atom. The maximum Gasteiger partial charge on any atom is 4.00 e. The first-order valence-corrected chi connectivity index (χ1v) is 63.2. The van der Waals surface area contributed by atoms with Crippen molar-refractivity contribution in [1.29, 1.82) is 0 Å². The summed E-state index contributed by atoms with van der Waals surface area (Å²) in [5.41, 5.74) is 10.2. The van der Waals surface area contributed by atoms with Gasteiger partial charge in [0.25, 0.3) is 0 Å². The van der Waals surface area contributed by atoms with Crippen molar-refractivity contribution in [2.75, 3.05) is 18.4 Å². The zero-order valence-electron chi connectivity index (χ0n) is 73.4. The predicted molar refractivity (Wildman–Crippen MR) is 498 cm³/mol. The molecule has 1 radical (unpaired) electrons. The third-order valence-corrected chi connectivity index (χ3v) is 12.7. The van der Waals surface area contributed by atoms with Crippen LogP contribution in [0.3, 0.4) is 0 Å². The van der Waals surface area contributed by atoms with E-state index in [9.17, 15) is 0 Å². The van der Waals surface area contributed by atoms with Gasteiger partial charge in [-0.2, -0.15) is 0 Å². The molecule has 0 bridgehead atoms. The van der Waals surface area contributed by atoms with Gasteiger partial charge in [-0.15, -0.1) is 56.5 Å². The standard InChI is InChI=1S/C31H38N2.C31H37N2.7C4H11Si.CH4.2Zr/c2*1-20(2)19-32-28-11-9-10-27(33-28)29-25-15-14-23(30(3,4)5)17-22(25)16-21-12-13-24(18-26(21)29)31(6,7)8;7*1-5(2,3)4;;;/h9-18,20H,19H2,1-8H3,(H,32,33);9-18,20H,19H2,1-8H3;7*1H2,2-4H3;1H4;;/q;8*-1;;+3;+4. The Kier molecular flexibility index (Phi) is 46.2. The Hall–Kier alpha value is -2.46. The molecule has 0 saturated carbocycles. The molecular weight excluding hydrogens is 1530 g/mol. The van der Waals surface area contributed by atoms with Crippen molar-refractivity contribution in [2.45, 2.75) is 277 Å². The van der Waals surface area contributed by atoms with Crippen molar-refractivity contribution in [1.82, 2.24) is 9.97 Å². The van der Waals surface area contributed by atoms with Crippen LogP contribution >= 0.6 is 0 Å². The maximum atomic E-state index is 5.07. The normalized spacial score (nSPS) is 12.1. The fourth-order valence-corrected chi connectivity index (χ4v) is 8.57. The van der Waals surface area contributed by atoms with Crippen LogP contribution in [-0.4, -0.2) is 79.6 Å². The van der Waals surface area contributed by atoms with E-state index in [0.29, 0.717) is 11.8 Å². The van der Waals surface area contributed by atoms with Crippen LogP contribution in [-0.2, 0) is 74.1 Å². The van der Waals surface area contributed by atoms with Crippen molar-refractivity contribution in [3.05, 3.63) is 195 Å². The van der Waals surface area contributed by atoms with E-state index in [0.717, 1.165) is 36.1 Å². The molecular formula is C91H156N4Si7Zr2-. The van der Waals surface area contributed by atoms with E-state index in [2.05, 4.69) is 415 Å². The smallest absolute Gasteiger partial charge is 0.465 e. The number of anilines is 1. The summed E-state index contributed by atoms with van der Waals surface area (Å²) in [4.78, 5) is 10.1. The number of nitrogens with zero attached hydrogens (tertiary/aromatic N) is 3. The second kappa shape index (κ2) is 44.6. The van der Waals surface area contributed by atoms with Crippen LogP contribution in [0.2, 0.25) is 137 Å². The van der Waals surface area contributed by atoms with Crippen LogP contribution < -0.4 is 5.32 Å². The Morgan fingerprint density at radius 2 is 0.615 bits per heavy atom. The summed E-state index contributed by atoms with van der Waals surface area (Å²) < 4.78 is 0. The van der Waals surface area contributed by atoms with Gasteiger partial charge in [0.1, 0.15) is 5.82 Å². The average Bonchev–Trinajstić information content (AvgIpc) is 0.754. The number of hydrogen-bond donors (Lipinski definition) is 1. The number of fused-ring (bicyclic) bond motifs is 4. The van der Waals surface area contributed by atoms with Gasteiger partial charge in [0.2, 0.25) is 0 Å². The summed E-state index contributed by atoms with van der Waals surface area (Å²) in [7, 11) is -6.03. The first kappa shape index (κ1) is 108. The first-order valence-electron chi connectivity index (χ1n) is 37.2. The van der Waals surface area contributed by atoms with Crippen molar-refractivity contribution >= 4 is 111 Å². The Balaban J connectivity index is -0.000000648. The summed E-state index contributed by atoms with van der Waals surface area (Å²) in [5.74, 6) is 2.83. The molecule has 0 fully saturated rings. The minimum atomic E-state index is -0.861. The van der Waals surface area contributed by atoms with Crippen molar-refractivity contribution in [2.24, 2.45) is 11.8 Å². The number of benzene rings is 6. The summed E-state index contributed by atoms with van der Waals surface area (Å²) >= 11 is 0. The van der Waals surface area contributed by atoms with Crippen LogP contribution in [0.1, 0.15) is 140 Å². The van der Waals surface area contributed by atoms with Gasteiger partial charge in [0, 0.05) is 12.1 Å². The molecule has 6 aromatic carbocycles. The Morgan fingerprint density at radius 3 is 0.894 bits per heavy atom. The number of aromatic nitrogens is 2. The van der Waals surface area contributed by atoms with E-state index >= 15 is 0 Å². The molecule has 0 saturated heterocycles. The van der Waals surface area contributed by atoms with Gasteiger partial charge in [-0.1, -0.05) is 346 Å². The van der Waals surface area contributed by atoms with Crippen molar-refractivity contribution < 1.29 is 52.4 Å². The number of hydrogen-bond acceptors (Lipinski definition) is 3. The number of nitrogens with one attached hydrogen (secondary N) is 1. The van der Waals surface area contributed by atoms with Crippen LogP contribution in [0.15, 0.2) is 121 Å². The van der Waals surface area contributed by atoms with Crippen LogP contribution in [0, 0.1) is 57.7 Å². The molecule has 0 spiro atoms. The van der Waals surface area contributed by atoms with E-state index in [4.69, 9.17) is 15.3 Å². The molecule has 2 aromatic heterocycles. The zero-order chi connectivity index (χ0) is 79.4. The van der Waals surface area contributed by atoms with Gasteiger partial charge in [-0.05, 0) is 153 Å². The van der Waals surface area contributed by atoms with Crippen LogP contribution in [0.5, 0.6) is 0 Å². The second-order valence-corrected chi connectivity index (χ2v) is 77.3. The quantitative estimate of drug-likeness (QED) is 0.0937. The molecule has 1 N–H and O–H groups in total. The number of rotatable bonds is 8. The largest absolute Gasteiger partial charge is 4.00 e. The predicted octanol–water partition coefficient (Wildman–Crippen LogP) is 30.5. The van der Waals surface area contributed by atoms with Gasteiger partial charge in [-0.3, -0.25) is 0 Å². The van der Waals surface area contributed by atoms with Gasteiger partial charge in [-0.25, -0.2) is 4.98 Å². The molecule has 13 heteroatoms. The molecule has 577 valence electrons. The van der Waals surface area contributed by atoms with Crippen molar-refractivity contribution in [3.8, 4) is 22.5 Å². The fraction of sp³-hybridized carbons (Fsp3) is 0.505. The molecule has 0 amide bonds. The monoisotopic (exact) mass is 1680 g/mol. The molecule has 8 rings (SSSR count). The molecule has 0 unspecified atom stereocenters. The van der Waals surface area contributed by atoms with Gasteiger partial charge >= 0.3 is 52.4 Å². The minimum absolute atomic E-state index is 0. The summed E-state index contributed by atoms with van der Waals surface area (Å²) in [6.07, 6.45) is 0. The molecule has 4 nitrogen and oxygen atoms in total. The fourth-order valence-electron chi connectivity index (χ4n) is 8.57. The molecule has 0 aliphatic carbocycles. The molecule has 8 aromatic rings. The van der Waals surface area contributed by atoms with E-state index in [1.165, 1.54) is 76.5 Å². The molecule has 0 aliphatic heterocycles. The molecule has 0 atom stereocenters. The van der Waals surface area contributed by atoms with Crippen LogP contribution in [0.4, 0.5) is 11.6 Å².